The number of halogens is 6. The Morgan fingerprint density at radius 3 is 2.28 bits per heavy atom. The van der Waals surface area contributed by atoms with Crippen LogP contribution in [0.2, 0.25) is 0 Å². The molecule has 0 aromatic heterocycles. The molecule has 0 aromatic carbocycles. The number of rotatable bonds is 2. The number of hydrogen-bond donors (Lipinski definition) is 1. The second-order valence-corrected chi connectivity index (χ2v) is 3.15. The summed E-state index contributed by atoms with van der Waals surface area (Å²) in [6.45, 7) is 1.92. The van der Waals surface area contributed by atoms with Crippen LogP contribution in [0.4, 0.5) is 26.0 Å². The van der Waals surface area contributed by atoms with Crippen molar-refractivity contribution in [3.05, 3.63) is 24.1 Å². The molecule has 0 radical (unpaired) electrons. The molecule has 0 saturated carbocycles. The van der Waals surface area contributed by atoms with Gasteiger partial charge in [0.1, 0.15) is 17.9 Å². The van der Waals surface area contributed by atoms with Gasteiger partial charge in [-0.2, -0.15) is 0 Å². The summed E-state index contributed by atoms with van der Waals surface area (Å²) in [5, 5.41) is 7.27. The third kappa shape index (κ3) is 7.03. The zero-order valence-electron chi connectivity index (χ0n) is 9.35. The molecule has 18 heavy (non-hydrogen) atoms. The fraction of sp³-hybridized carbons (Fsp3) is 0.444. The Balaban J connectivity index is 0.000000494. The van der Waals surface area contributed by atoms with E-state index in [0.717, 1.165) is 6.08 Å². The quantitative estimate of drug-likeness (QED) is 0.354. The van der Waals surface area contributed by atoms with Gasteiger partial charge in [0.05, 0.1) is 6.61 Å². The Hall–Kier alpha value is -1.41. The van der Waals surface area contributed by atoms with E-state index in [2.05, 4.69) is 0 Å². The van der Waals surface area contributed by atoms with Crippen molar-refractivity contribution in [2.75, 3.05) is 6.61 Å². The van der Waals surface area contributed by atoms with Crippen LogP contribution in [0.1, 0.15) is 6.92 Å². The highest BCUT2D eigenvalue weighted by Gasteiger charge is 2.30. The summed E-state index contributed by atoms with van der Waals surface area (Å²) in [4.78, 5) is 0. The second-order valence-electron chi connectivity index (χ2n) is 3.15. The molecule has 0 bridgehead atoms. The third-order valence-electron chi connectivity index (χ3n) is 1.75. The van der Waals surface area contributed by atoms with Gasteiger partial charge in [0.2, 0.25) is 0 Å². The Labute approximate surface area is 99.9 Å². The Kier molecular flexibility index (Phi) is 6.57. The maximum Gasteiger partial charge on any atom is 0.673 e. The van der Waals surface area contributed by atoms with Gasteiger partial charge in [-0.3, -0.25) is 5.41 Å². The van der Waals surface area contributed by atoms with Gasteiger partial charge < -0.3 is 22.0 Å². The molecule has 1 aliphatic carbocycles. The SMILES string of the molecule is CCOC(=N)C1C(F)=CC=CC1F.F[B-](F)(F)F. The molecule has 1 aliphatic rings. The van der Waals surface area contributed by atoms with Gasteiger partial charge in [0.15, 0.2) is 5.90 Å². The topological polar surface area (TPSA) is 33.1 Å². The lowest BCUT2D eigenvalue weighted by molar-refractivity contribution is 0.251. The summed E-state index contributed by atoms with van der Waals surface area (Å²) >= 11 is 0. The van der Waals surface area contributed by atoms with Crippen molar-refractivity contribution in [2.45, 2.75) is 13.1 Å². The summed E-state index contributed by atoms with van der Waals surface area (Å²) in [5.74, 6) is -2.20. The van der Waals surface area contributed by atoms with E-state index in [9.17, 15) is 26.0 Å². The largest absolute Gasteiger partial charge is 0.673 e. The summed E-state index contributed by atoms with van der Waals surface area (Å²) in [6, 6.07) is 0. The molecule has 2 nitrogen and oxygen atoms in total. The van der Waals surface area contributed by atoms with Crippen LogP contribution >= 0.6 is 0 Å². The standard InChI is InChI=1S/C9H11F2NO.BF4/c1-2-13-9(12)8-6(10)4-3-5-7(8)11;2-1(3,4)5/h3-6,8,12H,2H2,1H3;/q;-1. The van der Waals surface area contributed by atoms with Crippen molar-refractivity contribution in [3.8, 4) is 0 Å². The molecule has 1 rings (SSSR count). The van der Waals surface area contributed by atoms with E-state index in [1.54, 1.807) is 6.92 Å². The molecular formula is C9H11BF6NO-. The third-order valence-corrected chi connectivity index (χ3v) is 1.75. The summed E-state index contributed by atoms with van der Waals surface area (Å²) < 4.78 is 69.9. The molecule has 2 unspecified atom stereocenters. The van der Waals surface area contributed by atoms with Crippen LogP contribution in [0.5, 0.6) is 0 Å². The van der Waals surface area contributed by atoms with E-state index in [-0.39, 0.29) is 12.5 Å². The van der Waals surface area contributed by atoms with Crippen LogP contribution < -0.4 is 0 Å². The van der Waals surface area contributed by atoms with Crippen molar-refractivity contribution in [2.24, 2.45) is 5.92 Å². The normalized spacial score (nSPS) is 22.7. The van der Waals surface area contributed by atoms with Gasteiger partial charge in [0.25, 0.3) is 0 Å². The van der Waals surface area contributed by atoms with Crippen molar-refractivity contribution >= 4 is 13.2 Å². The Morgan fingerprint density at radius 2 is 1.89 bits per heavy atom. The smallest absolute Gasteiger partial charge is 0.481 e. The van der Waals surface area contributed by atoms with Crippen LogP contribution in [0.3, 0.4) is 0 Å². The van der Waals surface area contributed by atoms with Gasteiger partial charge in [-0.25, -0.2) is 8.78 Å². The van der Waals surface area contributed by atoms with Crippen LogP contribution in [0, 0.1) is 11.3 Å². The highest BCUT2D eigenvalue weighted by molar-refractivity contribution is 6.50. The van der Waals surface area contributed by atoms with Crippen molar-refractivity contribution in [1.29, 1.82) is 5.41 Å². The van der Waals surface area contributed by atoms with Gasteiger partial charge >= 0.3 is 7.25 Å². The van der Waals surface area contributed by atoms with Gasteiger partial charge in [-0.1, -0.05) is 6.08 Å². The van der Waals surface area contributed by atoms with Crippen molar-refractivity contribution < 1.29 is 30.8 Å². The maximum atomic E-state index is 13.1. The maximum absolute atomic E-state index is 13.1. The number of alkyl halides is 1. The lowest BCUT2D eigenvalue weighted by atomic mass is 9.97. The zero-order chi connectivity index (χ0) is 14.3. The van der Waals surface area contributed by atoms with Crippen LogP contribution in [0.15, 0.2) is 24.1 Å². The van der Waals surface area contributed by atoms with Crippen LogP contribution in [-0.2, 0) is 4.74 Å². The van der Waals surface area contributed by atoms with Crippen molar-refractivity contribution in [1.82, 2.24) is 0 Å². The number of hydrogen-bond acceptors (Lipinski definition) is 2. The molecule has 9 heteroatoms. The first-order valence-electron chi connectivity index (χ1n) is 4.93. The predicted octanol–water partition coefficient (Wildman–Crippen LogP) is 3.68. The van der Waals surface area contributed by atoms with Gasteiger partial charge in [0, 0.05) is 0 Å². The fourth-order valence-electron chi connectivity index (χ4n) is 1.14. The molecule has 0 spiro atoms. The number of allylic oxidation sites excluding steroid dienone is 3. The molecular weight excluding hydrogens is 263 g/mol. The molecule has 0 aliphatic heterocycles. The molecule has 0 amide bonds. The van der Waals surface area contributed by atoms with Crippen molar-refractivity contribution in [3.63, 3.8) is 0 Å². The average Bonchev–Trinajstić information content (AvgIpc) is 2.14. The van der Waals surface area contributed by atoms with E-state index in [1.807, 2.05) is 0 Å². The lowest BCUT2D eigenvalue weighted by Gasteiger charge is -2.19. The van der Waals surface area contributed by atoms with E-state index < -0.39 is 25.2 Å². The monoisotopic (exact) mass is 274 g/mol. The van der Waals surface area contributed by atoms with Gasteiger partial charge in [-0.05, 0) is 19.1 Å². The molecule has 0 saturated heterocycles. The summed E-state index contributed by atoms with van der Waals surface area (Å²) in [6.07, 6.45) is 2.16. The number of nitrogens with one attached hydrogen (secondary N) is 1. The minimum absolute atomic E-state index is 0.249. The average molecular weight is 274 g/mol. The Bertz CT molecular complexity index is 334. The minimum Gasteiger partial charge on any atom is -0.481 e. The molecule has 1 N–H and O–H groups in total. The molecule has 2 atom stereocenters. The zero-order valence-corrected chi connectivity index (χ0v) is 9.35. The van der Waals surface area contributed by atoms with E-state index in [1.165, 1.54) is 12.2 Å². The van der Waals surface area contributed by atoms with E-state index in [0.29, 0.717) is 0 Å². The summed E-state index contributed by atoms with van der Waals surface area (Å²) in [7, 11) is -6.00. The summed E-state index contributed by atoms with van der Waals surface area (Å²) in [5.41, 5.74) is 0. The fourth-order valence-corrected chi connectivity index (χ4v) is 1.14. The highest BCUT2D eigenvalue weighted by atomic mass is 19.5. The Morgan fingerprint density at radius 1 is 1.39 bits per heavy atom. The second kappa shape index (κ2) is 7.12. The molecule has 0 heterocycles. The lowest BCUT2D eigenvalue weighted by Crippen LogP contribution is -2.27. The molecule has 104 valence electrons. The first kappa shape index (κ1) is 16.6. The van der Waals surface area contributed by atoms with Gasteiger partial charge in [-0.15, -0.1) is 0 Å². The van der Waals surface area contributed by atoms with Crippen LogP contribution in [-0.4, -0.2) is 25.9 Å². The van der Waals surface area contributed by atoms with E-state index in [4.69, 9.17) is 10.1 Å². The highest BCUT2D eigenvalue weighted by Crippen LogP contribution is 2.25. The predicted molar refractivity (Wildman–Crippen MR) is 56.3 cm³/mol. The number of ether oxygens (including phenoxy) is 1. The van der Waals surface area contributed by atoms with Crippen LogP contribution in [0.25, 0.3) is 0 Å². The first-order chi connectivity index (χ1) is 8.16. The van der Waals surface area contributed by atoms with E-state index >= 15 is 0 Å². The molecule has 0 fully saturated rings. The minimum atomic E-state index is -6.00. The first-order valence-corrected chi connectivity index (χ1v) is 4.93. The molecule has 0 aromatic rings.